The Bertz CT molecular complexity index is 1120. The summed E-state index contributed by atoms with van der Waals surface area (Å²) >= 11 is 1.72. The highest BCUT2D eigenvalue weighted by Gasteiger charge is 2.20. The molecule has 30 heavy (non-hydrogen) atoms. The lowest BCUT2D eigenvalue weighted by Crippen LogP contribution is -2.35. The Morgan fingerprint density at radius 1 is 0.967 bits per heavy atom. The molecule has 2 aromatic carbocycles. The lowest BCUT2D eigenvalue weighted by molar-refractivity contribution is 0.0342. The van der Waals surface area contributed by atoms with Crippen LogP contribution in [0.2, 0.25) is 0 Å². The number of thiophene rings is 1. The van der Waals surface area contributed by atoms with Gasteiger partial charge in [-0.15, -0.1) is 11.3 Å². The number of halogens is 1. The van der Waals surface area contributed by atoms with Crippen LogP contribution in [0.4, 0.5) is 4.39 Å². The van der Waals surface area contributed by atoms with Gasteiger partial charge in [-0.2, -0.15) is 5.10 Å². The molecule has 0 radical (unpaired) electrons. The highest BCUT2D eigenvalue weighted by molar-refractivity contribution is 7.13. The molecule has 152 valence electrons. The number of rotatable bonds is 5. The molecule has 0 N–H and O–H groups in total. The van der Waals surface area contributed by atoms with Crippen LogP contribution < -0.4 is 0 Å². The minimum Gasteiger partial charge on any atom is -0.379 e. The van der Waals surface area contributed by atoms with Gasteiger partial charge in [-0.25, -0.2) is 9.07 Å². The summed E-state index contributed by atoms with van der Waals surface area (Å²) in [6.45, 7) is 3.93. The van der Waals surface area contributed by atoms with Gasteiger partial charge in [-0.05, 0) is 41.3 Å². The number of morpholine rings is 1. The summed E-state index contributed by atoms with van der Waals surface area (Å²) < 4.78 is 22.1. The molecule has 0 saturated carbocycles. The van der Waals surface area contributed by atoms with E-state index in [0.717, 1.165) is 49.8 Å². The maximum absolute atomic E-state index is 14.8. The fourth-order valence-electron chi connectivity index (χ4n) is 3.84. The van der Waals surface area contributed by atoms with Crippen molar-refractivity contribution < 1.29 is 9.13 Å². The Balaban J connectivity index is 1.55. The molecule has 4 nitrogen and oxygen atoms in total. The normalized spacial score (nSPS) is 14.8. The minimum absolute atomic E-state index is 0.238. The molecule has 5 rings (SSSR count). The molecule has 4 aromatic rings. The van der Waals surface area contributed by atoms with Crippen LogP contribution in [0.1, 0.15) is 5.56 Å². The van der Waals surface area contributed by atoms with Gasteiger partial charge < -0.3 is 4.74 Å². The van der Waals surface area contributed by atoms with Gasteiger partial charge in [-0.3, -0.25) is 4.90 Å². The maximum Gasteiger partial charge on any atom is 0.132 e. The highest BCUT2D eigenvalue weighted by atomic mass is 32.1. The van der Waals surface area contributed by atoms with Crippen molar-refractivity contribution >= 4 is 11.3 Å². The van der Waals surface area contributed by atoms with Crippen molar-refractivity contribution in [3.05, 3.63) is 83.6 Å². The molecular formula is C24H22FN3OS. The second-order valence-electron chi connectivity index (χ2n) is 7.32. The average molecular weight is 420 g/mol. The van der Waals surface area contributed by atoms with E-state index in [1.807, 2.05) is 35.1 Å². The molecule has 0 spiro atoms. The van der Waals surface area contributed by atoms with Crippen LogP contribution in [-0.4, -0.2) is 41.0 Å². The quantitative estimate of drug-likeness (QED) is 0.443. The lowest BCUT2D eigenvalue weighted by atomic mass is 10.1. The van der Waals surface area contributed by atoms with E-state index in [1.165, 1.54) is 16.5 Å². The predicted molar refractivity (Wildman–Crippen MR) is 118 cm³/mol. The van der Waals surface area contributed by atoms with Gasteiger partial charge in [0.1, 0.15) is 5.82 Å². The summed E-state index contributed by atoms with van der Waals surface area (Å²) in [7, 11) is 0. The van der Waals surface area contributed by atoms with E-state index in [1.54, 1.807) is 17.4 Å². The first-order valence-electron chi connectivity index (χ1n) is 10.1. The maximum atomic E-state index is 14.8. The van der Waals surface area contributed by atoms with Crippen molar-refractivity contribution in [1.29, 1.82) is 0 Å². The Hall–Kier alpha value is -2.80. The van der Waals surface area contributed by atoms with Gasteiger partial charge in [0, 0.05) is 35.6 Å². The smallest absolute Gasteiger partial charge is 0.132 e. The molecule has 1 saturated heterocycles. The molecule has 1 fully saturated rings. The highest BCUT2D eigenvalue weighted by Crippen LogP contribution is 2.31. The Kier molecular flexibility index (Phi) is 5.45. The molecule has 0 bridgehead atoms. The first kappa shape index (κ1) is 19.2. The summed E-state index contributed by atoms with van der Waals surface area (Å²) in [6, 6.07) is 19.4. The number of aromatic nitrogens is 2. The number of hydrogen-bond donors (Lipinski definition) is 0. The SMILES string of the molecule is Fc1ccccc1-c1c(CN2CCOCC2)cnn1-c1ccc(-c2cccs2)cc1. The van der Waals surface area contributed by atoms with Crippen LogP contribution in [0.15, 0.2) is 72.2 Å². The second-order valence-corrected chi connectivity index (χ2v) is 8.27. The van der Waals surface area contributed by atoms with Crippen molar-refractivity contribution in [3.63, 3.8) is 0 Å². The molecule has 0 amide bonds. The Morgan fingerprint density at radius 3 is 2.50 bits per heavy atom. The van der Waals surface area contributed by atoms with Crippen LogP contribution in [0.3, 0.4) is 0 Å². The van der Waals surface area contributed by atoms with E-state index in [-0.39, 0.29) is 5.82 Å². The third-order valence-electron chi connectivity index (χ3n) is 5.39. The first-order chi connectivity index (χ1) is 14.8. The summed E-state index contributed by atoms with van der Waals surface area (Å²) in [5.74, 6) is -0.238. The lowest BCUT2D eigenvalue weighted by Gasteiger charge is -2.26. The van der Waals surface area contributed by atoms with E-state index in [9.17, 15) is 4.39 Å². The van der Waals surface area contributed by atoms with Gasteiger partial charge in [0.25, 0.3) is 0 Å². The van der Waals surface area contributed by atoms with Crippen molar-refractivity contribution in [1.82, 2.24) is 14.7 Å². The number of ether oxygens (including phenoxy) is 1. The summed E-state index contributed by atoms with van der Waals surface area (Å²) in [5, 5.41) is 6.73. The molecule has 0 atom stereocenters. The molecular weight excluding hydrogens is 397 g/mol. The number of hydrogen-bond acceptors (Lipinski definition) is 4. The van der Waals surface area contributed by atoms with Gasteiger partial charge >= 0.3 is 0 Å². The van der Waals surface area contributed by atoms with Gasteiger partial charge in [0.05, 0.1) is 30.8 Å². The molecule has 0 unspecified atom stereocenters. The topological polar surface area (TPSA) is 30.3 Å². The van der Waals surface area contributed by atoms with Crippen LogP contribution in [-0.2, 0) is 11.3 Å². The van der Waals surface area contributed by atoms with Gasteiger partial charge in [0.2, 0.25) is 0 Å². The van der Waals surface area contributed by atoms with Crippen molar-refractivity contribution in [2.75, 3.05) is 26.3 Å². The monoisotopic (exact) mass is 419 g/mol. The average Bonchev–Trinajstić information content (AvgIpc) is 3.46. The van der Waals surface area contributed by atoms with Gasteiger partial charge in [-0.1, -0.05) is 30.3 Å². The van der Waals surface area contributed by atoms with E-state index >= 15 is 0 Å². The third-order valence-corrected chi connectivity index (χ3v) is 6.31. The van der Waals surface area contributed by atoms with E-state index in [2.05, 4.69) is 39.6 Å². The van der Waals surface area contributed by atoms with Gasteiger partial charge in [0.15, 0.2) is 0 Å². The molecule has 1 aliphatic rings. The van der Waals surface area contributed by atoms with E-state index < -0.39 is 0 Å². The molecule has 6 heteroatoms. The van der Waals surface area contributed by atoms with E-state index in [4.69, 9.17) is 4.74 Å². The van der Waals surface area contributed by atoms with Crippen molar-refractivity contribution in [2.45, 2.75) is 6.54 Å². The van der Waals surface area contributed by atoms with Crippen LogP contribution in [0, 0.1) is 5.82 Å². The molecule has 0 aliphatic carbocycles. The number of benzene rings is 2. The minimum atomic E-state index is -0.238. The van der Waals surface area contributed by atoms with Crippen LogP contribution in [0.5, 0.6) is 0 Å². The van der Waals surface area contributed by atoms with Crippen LogP contribution >= 0.6 is 11.3 Å². The first-order valence-corrected chi connectivity index (χ1v) is 10.9. The fourth-order valence-corrected chi connectivity index (χ4v) is 4.58. The third kappa shape index (κ3) is 3.81. The number of nitrogens with zero attached hydrogens (tertiary/aromatic N) is 3. The zero-order chi connectivity index (χ0) is 20.3. The summed E-state index contributed by atoms with van der Waals surface area (Å²) in [4.78, 5) is 3.55. The molecule has 2 aromatic heterocycles. The zero-order valence-corrected chi connectivity index (χ0v) is 17.3. The second kappa shape index (κ2) is 8.52. The van der Waals surface area contributed by atoms with Crippen molar-refractivity contribution in [2.24, 2.45) is 0 Å². The van der Waals surface area contributed by atoms with E-state index in [0.29, 0.717) is 5.56 Å². The Labute approximate surface area is 179 Å². The zero-order valence-electron chi connectivity index (χ0n) is 16.5. The van der Waals surface area contributed by atoms with Crippen molar-refractivity contribution in [3.8, 4) is 27.4 Å². The fraction of sp³-hybridized carbons (Fsp3) is 0.208. The standard InChI is InChI=1S/C24H22FN3OS/c25-22-5-2-1-4-21(22)24-19(17-27-11-13-29-14-12-27)16-26-28(24)20-9-7-18(8-10-20)23-6-3-15-30-23/h1-10,15-16H,11-14,17H2. The molecule has 3 heterocycles. The molecule has 1 aliphatic heterocycles. The van der Waals surface area contributed by atoms with Crippen LogP contribution in [0.25, 0.3) is 27.4 Å². The largest absolute Gasteiger partial charge is 0.379 e. The Morgan fingerprint density at radius 2 is 1.77 bits per heavy atom. The summed E-state index contributed by atoms with van der Waals surface area (Å²) in [5.41, 5.74) is 4.48. The summed E-state index contributed by atoms with van der Waals surface area (Å²) in [6.07, 6.45) is 1.87. The predicted octanol–water partition coefficient (Wildman–Crippen LogP) is 5.24.